The van der Waals surface area contributed by atoms with E-state index in [-0.39, 0.29) is 0 Å². The summed E-state index contributed by atoms with van der Waals surface area (Å²) in [4.78, 5) is 0. The number of rotatable bonds is 8. The number of alkyl halides is 6. The lowest BCUT2D eigenvalue weighted by Gasteiger charge is -2.22. The van der Waals surface area contributed by atoms with Gasteiger partial charge in [-0.2, -0.15) is 30.9 Å². The molecule has 9 nitrogen and oxygen atoms in total. The van der Waals surface area contributed by atoms with Crippen molar-refractivity contribution < 1.29 is 61.0 Å². The van der Waals surface area contributed by atoms with Crippen LogP contribution in [0.4, 0.5) is 26.3 Å². The van der Waals surface area contributed by atoms with Crippen molar-refractivity contribution >= 4 is 28.9 Å². The van der Waals surface area contributed by atoms with Crippen molar-refractivity contribution in [1.29, 1.82) is 0 Å². The molecule has 0 aliphatic carbocycles. The first-order chi connectivity index (χ1) is 13.9. The molecule has 0 N–H and O–H groups in total. The third-order valence-electron chi connectivity index (χ3n) is 3.42. The number of hydrogen-bond donors (Lipinski definition) is 0. The fourth-order valence-corrected chi connectivity index (χ4v) is 5.01. The molecule has 0 aromatic carbocycles. The summed E-state index contributed by atoms with van der Waals surface area (Å²) in [6, 6.07) is 4.13. The molecule has 1 heterocycles. The van der Waals surface area contributed by atoms with Gasteiger partial charge in [0.15, 0.2) is 32.4 Å². The third kappa shape index (κ3) is 8.62. The molecule has 0 fully saturated rings. The van der Waals surface area contributed by atoms with Gasteiger partial charge in [0, 0.05) is 33.0 Å². The summed E-state index contributed by atoms with van der Waals surface area (Å²) in [5.74, 6) is 0. The highest BCUT2D eigenvalue weighted by Crippen LogP contribution is 2.36. The minimum Gasteiger partial charge on any atom is -0.421 e. The quantitative estimate of drug-likeness (QED) is 0.292. The van der Waals surface area contributed by atoms with Gasteiger partial charge in [-0.1, -0.05) is 6.92 Å². The van der Waals surface area contributed by atoms with E-state index in [0.29, 0.717) is 6.17 Å². The molecule has 0 radical (unpaired) electrons. The Bertz CT molecular complexity index is 869. The van der Waals surface area contributed by atoms with Gasteiger partial charge in [0.25, 0.3) is 0 Å². The Kier molecular flexibility index (Phi) is 10.5. The van der Waals surface area contributed by atoms with Crippen LogP contribution in [0.25, 0.3) is 4.13 Å². The van der Waals surface area contributed by atoms with Crippen molar-refractivity contribution in [2.24, 2.45) is 0 Å². The fourth-order valence-electron chi connectivity index (χ4n) is 1.76. The predicted molar refractivity (Wildman–Crippen MR) is 96.1 cm³/mol. The maximum absolute atomic E-state index is 11.4. The Hall–Kier alpha value is -1.31. The lowest BCUT2D eigenvalue weighted by Crippen LogP contribution is -2.56. The second kappa shape index (κ2) is 11.0. The first kappa shape index (κ1) is 29.7. The summed E-state index contributed by atoms with van der Waals surface area (Å²) in [6.07, 6.45) is 5.74. The average Bonchev–Trinajstić information content (AvgIpc) is 2.64. The Balaban J connectivity index is 0.000000582. The normalized spacial score (nSPS) is 13.5. The van der Waals surface area contributed by atoms with Crippen LogP contribution in [0.2, 0.25) is 0 Å². The van der Waals surface area contributed by atoms with E-state index in [2.05, 4.69) is 23.8 Å². The third-order valence-corrected chi connectivity index (χ3v) is 8.78. The van der Waals surface area contributed by atoms with E-state index in [0.717, 1.165) is 10.5 Å². The Labute approximate surface area is 176 Å². The molecule has 1 aromatic heterocycles. The molecule has 1 aromatic rings. The number of aryl methyl sites for hydroxylation is 1. The molecule has 0 saturated carbocycles. The standard InChI is InChI=1S/C11H20NO3Si.C2F6NO4S2/c1-5-11-7-6-8-12(9-11)10-16(13-2,14-3)15-4;3-1(4,5)14(10,11)9-15(12,13)2(6,7)8/h6-9H,5,10H2,1-4H3;/q+1;-1. The smallest absolute Gasteiger partial charge is 0.421 e. The summed E-state index contributed by atoms with van der Waals surface area (Å²) in [7, 11) is -11.1. The molecule has 18 heteroatoms. The molecule has 1 rings (SSSR count). The molecule has 182 valence electrons. The zero-order valence-electron chi connectivity index (χ0n) is 16.6. The first-order valence-electron chi connectivity index (χ1n) is 7.90. The van der Waals surface area contributed by atoms with E-state index in [9.17, 15) is 43.2 Å². The van der Waals surface area contributed by atoms with Crippen LogP contribution in [0.5, 0.6) is 0 Å². The largest absolute Gasteiger partial charge is 0.569 e. The molecule has 0 unspecified atom stereocenters. The summed E-state index contributed by atoms with van der Waals surface area (Å²) >= 11 is 0. The van der Waals surface area contributed by atoms with Gasteiger partial charge in [-0.05, 0) is 12.5 Å². The van der Waals surface area contributed by atoms with E-state index in [4.69, 9.17) is 13.3 Å². The van der Waals surface area contributed by atoms with Crippen molar-refractivity contribution in [1.82, 2.24) is 0 Å². The van der Waals surface area contributed by atoms with Crippen LogP contribution < -0.4 is 4.57 Å². The molecule has 0 saturated heterocycles. The zero-order chi connectivity index (χ0) is 24.7. The number of sulfonamides is 2. The predicted octanol–water partition coefficient (Wildman–Crippen LogP) is 2.01. The Morgan fingerprint density at radius 2 is 1.35 bits per heavy atom. The maximum Gasteiger partial charge on any atom is 0.569 e. The van der Waals surface area contributed by atoms with Crippen LogP contribution in [0.3, 0.4) is 0 Å². The molecule has 0 bridgehead atoms. The molecular formula is C13H20F6N2O7S2Si. The van der Waals surface area contributed by atoms with Crippen LogP contribution in [0.1, 0.15) is 12.5 Å². The van der Waals surface area contributed by atoms with Gasteiger partial charge in [-0.25, -0.2) is 16.8 Å². The average molecular weight is 523 g/mol. The molecule has 0 aliphatic rings. The summed E-state index contributed by atoms with van der Waals surface area (Å²) in [5.41, 5.74) is -11.1. The summed E-state index contributed by atoms with van der Waals surface area (Å²) in [6.45, 7) is 2.13. The molecule has 31 heavy (non-hydrogen) atoms. The number of halogens is 6. The van der Waals surface area contributed by atoms with Gasteiger partial charge in [0.1, 0.15) is 0 Å². The second-order valence-electron chi connectivity index (χ2n) is 5.45. The minimum atomic E-state index is -6.72. The molecular weight excluding hydrogens is 502 g/mol. The van der Waals surface area contributed by atoms with E-state index < -0.39 is 39.9 Å². The SMILES string of the molecule is CCc1ccc[n+](C[Si](OC)(OC)OC)c1.O=S(=O)([N-]S(=O)(=O)C(F)(F)F)C(F)(F)F. The number of hydrogen-bond acceptors (Lipinski definition) is 7. The van der Waals surface area contributed by atoms with Gasteiger partial charge in [0.2, 0.25) is 6.17 Å². The van der Waals surface area contributed by atoms with Crippen LogP contribution >= 0.6 is 0 Å². The van der Waals surface area contributed by atoms with Gasteiger partial charge in [0.05, 0.1) is 0 Å². The van der Waals surface area contributed by atoms with Crippen LogP contribution in [0.15, 0.2) is 24.5 Å². The molecule has 0 aliphatic heterocycles. The van der Waals surface area contributed by atoms with E-state index >= 15 is 0 Å². The second-order valence-corrected chi connectivity index (χ2v) is 11.8. The highest BCUT2D eigenvalue weighted by molar-refractivity contribution is 8.13. The van der Waals surface area contributed by atoms with Crippen LogP contribution in [-0.4, -0.2) is 58.0 Å². The summed E-state index contributed by atoms with van der Waals surface area (Å²) in [5, 5.41) is 0. The van der Waals surface area contributed by atoms with Crippen molar-refractivity contribution in [3.05, 3.63) is 34.2 Å². The monoisotopic (exact) mass is 522 g/mol. The topological polar surface area (TPSA) is 114 Å². The van der Waals surface area contributed by atoms with E-state index in [1.54, 1.807) is 21.3 Å². The Morgan fingerprint density at radius 3 is 1.68 bits per heavy atom. The highest BCUT2D eigenvalue weighted by atomic mass is 32.3. The van der Waals surface area contributed by atoms with Crippen molar-refractivity contribution in [2.45, 2.75) is 30.5 Å². The molecule has 0 spiro atoms. The van der Waals surface area contributed by atoms with E-state index in [1.165, 1.54) is 5.56 Å². The van der Waals surface area contributed by atoms with Gasteiger partial charge >= 0.3 is 19.8 Å². The van der Waals surface area contributed by atoms with Crippen LogP contribution in [0, 0.1) is 0 Å². The minimum absolute atomic E-state index is 0.629. The zero-order valence-corrected chi connectivity index (χ0v) is 19.2. The van der Waals surface area contributed by atoms with Crippen molar-refractivity contribution in [3.63, 3.8) is 0 Å². The number of pyridine rings is 1. The highest BCUT2D eigenvalue weighted by Gasteiger charge is 2.47. The molecule has 0 amide bonds. The number of aromatic nitrogens is 1. The fraction of sp³-hybridized carbons (Fsp3) is 0.615. The number of nitrogens with zero attached hydrogens (tertiary/aromatic N) is 2. The van der Waals surface area contributed by atoms with Gasteiger partial charge in [-0.3, -0.25) is 0 Å². The molecule has 0 atom stereocenters. The van der Waals surface area contributed by atoms with Gasteiger partial charge in [-0.15, -0.1) is 0 Å². The van der Waals surface area contributed by atoms with E-state index in [1.807, 2.05) is 12.3 Å². The van der Waals surface area contributed by atoms with Crippen molar-refractivity contribution in [2.75, 3.05) is 21.3 Å². The van der Waals surface area contributed by atoms with Gasteiger partial charge < -0.3 is 17.4 Å². The first-order valence-corrected chi connectivity index (χ1v) is 12.7. The Morgan fingerprint density at radius 1 is 0.935 bits per heavy atom. The van der Waals surface area contributed by atoms with Crippen molar-refractivity contribution in [3.8, 4) is 0 Å². The summed E-state index contributed by atoms with van der Waals surface area (Å²) < 4.78 is 127. The lowest BCUT2D eigenvalue weighted by atomic mass is 10.2. The van der Waals surface area contributed by atoms with Crippen LogP contribution in [-0.2, 0) is 45.9 Å². The lowest BCUT2D eigenvalue weighted by molar-refractivity contribution is -0.685. The maximum atomic E-state index is 11.4.